The number of carbonyl (C=O) groups is 3. The Morgan fingerprint density at radius 1 is 0.342 bits per heavy atom. The van der Waals surface area contributed by atoms with Crippen molar-refractivity contribution in [1.82, 2.24) is 16.0 Å². The van der Waals surface area contributed by atoms with E-state index >= 15 is 0 Å². The standard InChI is InChI=1S/C42H71N3O31/c1-10(51)43-19-26(58)33(16(7-49)67-37(19)65)73-39-21(45-12(3)53)27(59)34(17(8-50)71-39)74-42-32(64)36(76-41-31(63)29(61)24(56)15(6-48)70-41)35(75-38-20(44-11(2)52)25(57)22(54)13(4-46)68-38)18(72-42)9-66-40-30(62)28(60)23(55)14(5-47)69-40/h13-42,46-50,54-65H,4-9H2,1-3H3,(H,43,51)(H,44,52)(H,45,53)/t13-,14-,15-,16-,17-,18-,19-,20-,21-,22-,23-,24-,25-,26-,27-,28+,29+,30+,31+,32+,33-,34-,35-,36-,37?,38+,39+,40+,41-,42+/m1/s1. The molecule has 440 valence electrons. The molecule has 0 radical (unpaired) electrons. The van der Waals surface area contributed by atoms with Crippen LogP contribution < -0.4 is 16.0 Å². The third-order valence-corrected chi connectivity index (χ3v) is 13.6. The average molecular weight is 1110 g/mol. The van der Waals surface area contributed by atoms with Crippen molar-refractivity contribution in [2.45, 2.75) is 205 Å². The minimum atomic E-state index is -2.38. The van der Waals surface area contributed by atoms with E-state index in [9.17, 15) is 101 Å². The van der Waals surface area contributed by atoms with E-state index in [1.807, 2.05) is 0 Å². The Hall–Kier alpha value is -2.71. The van der Waals surface area contributed by atoms with Gasteiger partial charge in [0.2, 0.25) is 17.7 Å². The van der Waals surface area contributed by atoms with E-state index in [0.717, 1.165) is 20.8 Å². The van der Waals surface area contributed by atoms with Crippen LogP contribution in [0.3, 0.4) is 0 Å². The molecule has 34 heteroatoms. The van der Waals surface area contributed by atoms with E-state index in [-0.39, 0.29) is 0 Å². The molecule has 0 aliphatic carbocycles. The Labute approximate surface area is 431 Å². The second-order valence-electron chi connectivity index (χ2n) is 19.0. The lowest BCUT2D eigenvalue weighted by atomic mass is 9.93. The zero-order valence-electron chi connectivity index (χ0n) is 40.9. The van der Waals surface area contributed by atoms with Gasteiger partial charge in [0.1, 0.15) is 146 Å². The van der Waals surface area contributed by atoms with Crippen molar-refractivity contribution in [3.63, 3.8) is 0 Å². The molecule has 0 saturated carbocycles. The van der Waals surface area contributed by atoms with E-state index in [1.54, 1.807) is 0 Å². The van der Waals surface area contributed by atoms with Crippen LogP contribution in [0.15, 0.2) is 0 Å². The first-order valence-electron chi connectivity index (χ1n) is 24.1. The lowest BCUT2D eigenvalue weighted by Crippen LogP contribution is -2.71. The third kappa shape index (κ3) is 13.7. The van der Waals surface area contributed by atoms with Gasteiger partial charge in [-0.05, 0) is 0 Å². The van der Waals surface area contributed by atoms with Gasteiger partial charge < -0.3 is 155 Å². The van der Waals surface area contributed by atoms with Crippen molar-refractivity contribution in [2.75, 3.05) is 39.6 Å². The van der Waals surface area contributed by atoms with Crippen molar-refractivity contribution in [2.24, 2.45) is 0 Å². The van der Waals surface area contributed by atoms with Crippen molar-refractivity contribution < 1.29 is 153 Å². The van der Waals surface area contributed by atoms with E-state index in [4.69, 9.17) is 52.1 Å². The zero-order valence-corrected chi connectivity index (χ0v) is 40.9. The van der Waals surface area contributed by atoms with Gasteiger partial charge in [0, 0.05) is 20.8 Å². The summed E-state index contributed by atoms with van der Waals surface area (Å²) in [5.41, 5.74) is 0. The maximum atomic E-state index is 12.7. The second-order valence-corrected chi connectivity index (χ2v) is 19.0. The predicted molar refractivity (Wildman–Crippen MR) is 234 cm³/mol. The highest BCUT2D eigenvalue weighted by molar-refractivity contribution is 5.74. The Bertz CT molecular complexity index is 1870. The van der Waals surface area contributed by atoms with Crippen LogP contribution in [0.4, 0.5) is 0 Å². The van der Waals surface area contributed by atoms with Crippen LogP contribution in [0.25, 0.3) is 0 Å². The lowest BCUT2D eigenvalue weighted by Gasteiger charge is -2.51. The molecule has 6 aliphatic heterocycles. The largest absolute Gasteiger partial charge is 0.394 e. The molecule has 6 saturated heterocycles. The van der Waals surface area contributed by atoms with Crippen molar-refractivity contribution >= 4 is 17.7 Å². The summed E-state index contributed by atoms with van der Waals surface area (Å²) in [6.07, 6.45) is -52.7. The van der Waals surface area contributed by atoms with Crippen LogP contribution in [0.5, 0.6) is 0 Å². The number of hydrogen-bond donors (Lipinski definition) is 20. The van der Waals surface area contributed by atoms with E-state index in [0.29, 0.717) is 0 Å². The molecule has 6 rings (SSSR count). The van der Waals surface area contributed by atoms with Gasteiger partial charge in [-0.1, -0.05) is 0 Å². The van der Waals surface area contributed by atoms with Crippen LogP contribution in [-0.4, -0.2) is 328 Å². The Morgan fingerprint density at radius 2 is 0.684 bits per heavy atom. The molecule has 6 fully saturated rings. The van der Waals surface area contributed by atoms with E-state index in [2.05, 4.69) is 16.0 Å². The van der Waals surface area contributed by atoms with E-state index in [1.165, 1.54) is 0 Å². The van der Waals surface area contributed by atoms with E-state index < -0.39 is 241 Å². The number of aliphatic hydroxyl groups is 17. The van der Waals surface area contributed by atoms with Crippen LogP contribution >= 0.6 is 0 Å². The maximum absolute atomic E-state index is 12.7. The van der Waals surface area contributed by atoms with Crippen molar-refractivity contribution in [1.29, 1.82) is 0 Å². The van der Waals surface area contributed by atoms with Gasteiger partial charge in [-0.15, -0.1) is 0 Å². The van der Waals surface area contributed by atoms with Gasteiger partial charge in [0.25, 0.3) is 0 Å². The molecule has 34 nitrogen and oxygen atoms in total. The number of hydrogen-bond acceptors (Lipinski definition) is 31. The molecular weight excluding hydrogens is 1040 g/mol. The molecule has 0 aromatic heterocycles. The fourth-order valence-electron chi connectivity index (χ4n) is 9.62. The summed E-state index contributed by atoms with van der Waals surface area (Å²) in [6, 6.07) is -5.09. The third-order valence-electron chi connectivity index (χ3n) is 13.6. The molecule has 6 aliphatic rings. The highest BCUT2D eigenvalue weighted by atomic mass is 16.8. The molecule has 1 unspecified atom stereocenters. The van der Waals surface area contributed by atoms with Crippen molar-refractivity contribution in [3.8, 4) is 0 Å². The summed E-state index contributed by atoms with van der Waals surface area (Å²) < 4.78 is 64.6. The summed E-state index contributed by atoms with van der Waals surface area (Å²) in [4.78, 5) is 37.1. The van der Waals surface area contributed by atoms with Gasteiger partial charge in [-0.3, -0.25) is 14.4 Å². The topological polar surface area (TPSA) is 533 Å². The van der Waals surface area contributed by atoms with Crippen molar-refractivity contribution in [3.05, 3.63) is 0 Å². The molecule has 20 N–H and O–H groups in total. The molecular formula is C42H71N3O31. The number of aliphatic hydroxyl groups excluding tert-OH is 17. The predicted octanol–water partition coefficient (Wildman–Crippen LogP) is -13.7. The van der Waals surface area contributed by atoms with Crippen LogP contribution in [0.1, 0.15) is 20.8 Å². The number of nitrogens with one attached hydrogen (secondary N) is 3. The lowest BCUT2D eigenvalue weighted by molar-refractivity contribution is -0.398. The molecule has 0 bridgehead atoms. The summed E-state index contributed by atoms with van der Waals surface area (Å²) >= 11 is 0. The van der Waals surface area contributed by atoms with Gasteiger partial charge in [0.05, 0.1) is 39.6 Å². The van der Waals surface area contributed by atoms with Gasteiger partial charge >= 0.3 is 0 Å². The number of ether oxygens (including phenoxy) is 11. The first kappa shape index (κ1) is 62.5. The van der Waals surface area contributed by atoms with Crippen LogP contribution in [0, 0.1) is 0 Å². The van der Waals surface area contributed by atoms with Gasteiger partial charge in [-0.25, -0.2) is 0 Å². The molecule has 0 spiro atoms. The monoisotopic (exact) mass is 1110 g/mol. The first-order valence-corrected chi connectivity index (χ1v) is 24.1. The molecule has 0 aromatic carbocycles. The van der Waals surface area contributed by atoms with Gasteiger partial charge in [0.15, 0.2) is 37.7 Å². The fourth-order valence-corrected chi connectivity index (χ4v) is 9.62. The summed E-state index contributed by atoms with van der Waals surface area (Å²) in [5, 5.41) is 190. The quantitative estimate of drug-likeness (QED) is 0.0571. The zero-order chi connectivity index (χ0) is 56.2. The molecule has 6 heterocycles. The first-order chi connectivity index (χ1) is 35.9. The van der Waals surface area contributed by atoms with Crippen LogP contribution in [-0.2, 0) is 66.5 Å². The summed E-state index contributed by atoms with van der Waals surface area (Å²) in [7, 11) is 0. The summed E-state index contributed by atoms with van der Waals surface area (Å²) in [6.45, 7) is -2.82. The molecule has 3 amide bonds. The maximum Gasteiger partial charge on any atom is 0.217 e. The average Bonchev–Trinajstić information content (AvgIpc) is 3.38. The summed E-state index contributed by atoms with van der Waals surface area (Å²) in [5.74, 6) is -2.42. The minimum absolute atomic E-state index is 0.729. The normalized spacial score (nSPS) is 48.2. The number of amides is 3. The van der Waals surface area contributed by atoms with Crippen LogP contribution in [0.2, 0.25) is 0 Å². The Kier molecular flexibility index (Phi) is 22.3. The smallest absolute Gasteiger partial charge is 0.217 e. The molecule has 30 atom stereocenters. The minimum Gasteiger partial charge on any atom is -0.394 e. The number of carbonyl (C=O) groups excluding carboxylic acids is 3. The molecule has 76 heavy (non-hydrogen) atoms. The highest BCUT2D eigenvalue weighted by Gasteiger charge is 2.58. The Morgan fingerprint density at radius 3 is 1.18 bits per heavy atom. The fraction of sp³-hybridized carbons (Fsp3) is 0.929. The molecule has 0 aromatic rings. The number of rotatable bonds is 19. The Balaban J connectivity index is 1.40. The SMILES string of the molecule is CC(=O)N[C@H]1[C@H](O[C@H]2[C@H](O)[C@@H](NC(C)=O)C(O)O[C@@H]2CO)O[C@H](CO)[C@@H](O[C@@H]2O[C@H](CO[C@H]3O[C@H](CO)[C@@H](O)[C@H](O)[C@@H]3O)[C@@H](O[C@@H]3O[C@H](CO)[C@@H](O)[C@H](O)[C@H]3NC(C)=O)[C@H](O[C@H]3O[C@H](CO)[C@@H](O)[C@H](O)[C@@H]3O)[C@@H]2O)[C@@H]1O. The second kappa shape index (κ2) is 27.2. The highest BCUT2D eigenvalue weighted by Crippen LogP contribution is 2.38. The van der Waals surface area contributed by atoms with Gasteiger partial charge in [-0.2, -0.15) is 0 Å².